The first-order valence-electron chi connectivity index (χ1n) is 13.0. The SMILES string of the molecule is O=C(N[C@H]1CCC[C@@H](n2c(-c3ccccc3F)nc3cnc(-c4ncn[nH]4)cc32)C1)c1cc(Cl)ccc1OC(F)(F)F. The summed E-state index contributed by atoms with van der Waals surface area (Å²) in [7, 11) is 0. The average Bonchev–Trinajstić information content (AvgIpc) is 3.62. The van der Waals surface area contributed by atoms with Gasteiger partial charge in [-0.15, -0.1) is 13.2 Å². The maximum absolute atomic E-state index is 15.0. The molecule has 2 aromatic carbocycles. The van der Waals surface area contributed by atoms with E-state index in [-0.39, 0.29) is 16.6 Å². The van der Waals surface area contributed by atoms with E-state index in [9.17, 15) is 18.0 Å². The first-order chi connectivity index (χ1) is 20.2. The van der Waals surface area contributed by atoms with Crippen molar-refractivity contribution in [2.24, 2.45) is 0 Å². The second-order valence-electron chi connectivity index (χ2n) is 9.86. The number of hydrogen-bond donors (Lipinski definition) is 2. The largest absolute Gasteiger partial charge is 0.573 e. The van der Waals surface area contributed by atoms with E-state index in [1.807, 2.05) is 4.57 Å². The molecular weight excluding hydrogens is 578 g/mol. The third-order valence-electron chi connectivity index (χ3n) is 7.11. The number of hydrogen-bond acceptors (Lipinski definition) is 6. The molecule has 1 fully saturated rings. The molecule has 1 amide bonds. The summed E-state index contributed by atoms with van der Waals surface area (Å²) in [5.41, 5.74) is 1.71. The highest BCUT2D eigenvalue weighted by atomic mass is 35.5. The van der Waals surface area contributed by atoms with Crippen LogP contribution in [0.4, 0.5) is 17.6 Å². The number of pyridine rings is 1. The summed E-state index contributed by atoms with van der Waals surface area (Å²) in [4.78, 5) is 26.5. The number of ether oxygens (including phenoxy) is 1. The van der Waals surface area contributed by atoms with Crippen LogP contribution in [0, 0.1) is 5.82 Å². The van der Waals surface area contributed by atoms with E-state index in [1.54, 1.807) is 30.5 Å². The van der Waals surface area contributed by atoms with Crippen molar-refractivity contribution in [2.45, 2.75) is 44.1 Å². The molecule has 9 nitrogen and oxygen atoms in total. The van der Waals surface area contributed by atoms with E-state index in [0.717, 1.165) is 12.1 Å². The summed E-state index contributed by atoms with van der Waals surface area (Å²) in [6, 6.07) is 10.8. The highest BCUT2D eigenvalue weighted by Gasteiger charge is 2.34. The van der Waals surface area contributed by atoms with Crippen LogP contribution in [-0.2, 0) is 0 Å². The number of aromatic amines is 1. The summed E-state index contributed by atoms with van der Waals surface area (Å²) in [6.07, 6.45) is 0.343. The van der Waals surface area contributed by atoms with Gasteiger partial charge in [-0.25, -0.2) is 14.4 Å². The lowest BCUT2D eigenvalue weighted by Crippen LogP contribution is -2.39. The van der Waals surface area contributed by atoms with Gasteiger partial charge >= 0.3 is 6.36 Å². The number of nitrogens with one attached hydrogen (secondary N) is 2. The highest BCUT2D eigenvalue weighted by Crippen LogP contribution is 2.38. The van der Waals surface area contributed by atoms with Gasteiger partial charge in [0, 0.05) is 17.1 Å². The van der Waals surface area contributed by atoms with Gasteiger partial charge in [-0.2, -0.15) is 5.10 Å². The molecule has 1 aliphatic carbocycles. The van der Waals surface area contributed by atoms with Gasteiger partial charge in [0.15, 0.2) is 5.82 Å². The minimum Gasteiger partial charge on any atom is -0.405 e. The number of aromatic nitrogens is 6. The fourth-order valence-electron chi connectivity index (χ4n) is 5.35. The van der Waals surface area contributed by atoms with Crippen LogP contribution >= 0.6 is 11.6 Å². The Bertz CT molecular complexity index is 1760. The number of amides is 1. The zero-order chi connectivity index (χ0) is 29.4. The van der Waals surface area contributed by atoms with Gasteiger partial charge in [0.1, 0.15) is 34.9 Å². The van der Waals surface area contributed by atoms with Crippen LogP contribution in [0.5, 0.6) is 5.75 Å². The topological polar surface area (TPSA) is 111 Å². The lowest BCUT2D eigenvalue weighted by molar-refractivity contribution is -0.274. The molecule has 3 heterocycles. The Morgan fingerprint density at radius 2 is 1.95 bits per heavy atom. The number of fused-ring (bicyclic) bond motifs is 1. The van der Waals surface area contributed by atoms with Gasteiger partial charge in [0.05, 0.1) is 22.8 Å². The minimum absolute atomic E-state index is 0.0896. The third kappa shape index (κ3) is 5.64. The van der Waals surface area contributed by atoms with E-state index in [4.69, 9.17) is 16.6 Å². The van der Waals surface area contributed by atoms with Gasteiger partial charge < -0.3 is 14.6 Å². The Labute approximate surface area is 240 Å². The van der Waals surface area contributed by atoms with Crippen LogP contribution in [0.15, 0.2) is 61.1 Å². The van der Waals surface area contributed by atoms with E-state index >= 15 is 4.39 Å². The monoisotopic (exact) mass is 599 g/mol. The molecule has 0 spiro atoms. The molecule has 2 N–H and O–H groups in total. The molecule has 0 aliphatic heterocycles. The molecule has 0 saturated heterocycles. The van der Waals surface area contributed by atoms with Gasteiger partial charge in [-0.1, -0.05) is 23.7 Å². The predicted molar refractivity (Wildman–Crippen MR) is 145 cm³/mol. The molecule has 1 aliphatic rings. The number of carbonyl (C=O) groups excluding carboxylic acids is 1. The Hall–Kier alpha value is -4.52. The van der Waals surface area contributed by atoms with Crippen molar-refractivity contribution < 1.29 is 27.1 Å². The fourth-order valence-corrected chi connectivity index (χ4v) is 5.52. The van der Waals surface area contributed by atoms with E-state index in [0.29, 0.717) is 59.6 Å². The van der Waals surface area contributed by atoms with Crippen molar-refractivity contribution in [3.8, 4) is 28.7 Å². The quantitative estimate of drug-likeness (QED) is 0.216. The lowest BCUT2D eigenvalue weighted by Gasteiger charge is -2.32. The molecular formula is C28H22ClF4N7O2. The predicted octanol–water partition coefficient (Wildman–Crippen LogP) is 6.49. The Morgan fingerprint density at radius 3 is 2.71 bits per heavy atom. The smallest absolute Gasteiger partial charge is 0.405 e. The van der Waals surface area contributed by atoms with Crippen molar-refractivity contribution in [2.75, 3.05) is 0 Å². The van der Waals surface area contributed by atoms with E-state index < -0.39 is 29.9 Å². The molecule has 0 bridgehead atoms. The second kappa shape index (κ2) is 11.0. The molecule has 2 atom stereocenters. The van der Waals surface area contributed by atoms with Crippen LogP contribution in [0.25, 0.3) is 33.9 Å². The minimum atomic E-state index is -4.98. The highest BCUT2D eigenvalue weighted by molar-refractivity contribution is 6.31. The van der Waals surface area contributed by atoms with Crippen molar-refractivity contribution in [1.82, 2.24) is 35.0 Å². The molecule has 0 radical (unpaired) electrons. The van der Waals surface area contributed by atoms with Crippen molar-refractivity contribution in [3.63, 3.8) is 0 Å². The van der Waals surface area contributed by atoms with Gasteiger partial charge in [-0.3, -0.25) is 14.9 Å². The maximum atomic E-state index is 15.0. The van der Waals surface area contributed by atoms with Crippen molar-refractivity contribution in [3.05, 3.63) is 77.5 Å². The number of rotatable bonds is 6. The number of imidazole rings is 1. The molecule has 216 valence electrons. The first kappa shape index (κ1) is 27.6. The van der Waals surface area contributed by atoms with Gasteiger partial charge in [0.25, 0.3) is 5.91 Å². The maximum Gasteiger partial charge on any atom is 0.573 e. The summed E-state index contributed by atoms with van der Waals surface area (Å²) in [5.74, 6) is -0.997. The molecule has 14 heteroatoms. The van der Waals surface area contributed by atoms with Crippen molar-refractivity contribution >= 4 is 28.5 Å². The summed E-state index contributed by atoms with van der Waals surface area (Å²) in [6.45, 7) is 0. The molecule has 1 saturated carbocycles. The van der Waals surface area contributed by atoms with Crippen LogP contribution in [-0.4, -0.2) is 48.0 Å². The number of nitrogens with zero attached hydrogens (tertiary/aromatic N) is 5. The number of H-pyrrole nitrogens is 1. The number of alkyl halides is 3. The van der Waals surface area contributed by atoms with E-state index in [1.165, 1.54) is 18.5 Å². The van der Waals surface area contributed by atoms with Gasteiger partial charge in [-0.05, 0) is 62.1 Å². The molecule has 5 aromatic rings. The number of benzene rings is 2. The molecule has 0 unspecified atom stereocenters. The molecule has 42 heavy (non-hydrogen) atoms. The van der Waals surface area contributed by atoms with E-state index in [2.05, 4.69) is 30.2 Å². The number of carbonyl (C=O) groups is 1. The third-order valence-corrected chi connectivity index (χ3v) is 7.34. The van der Waals surface area contributed by atoms with Crippen LogP contribution in [0.2, 0.25) is 5.02 Å². The second-order valence-corrected chi connectivity index (χ2v) is 10.3. The van der Waals surface area contributed by atoms with Crippen molar-refractivity contribution in [1.29, 1.82) is 0 Å². The average molecular weight is 600 g/mol. The standard InChI is InChI=1S/C28H22ClF4N7O2/c29-15-8-9-24(42-28(31,32)33)19(10-15)27(41)37-16-4-3-5-17(11-16)40-23-12-21(25-35-14-36-39-25)34-13-22(23)38-26(40)18-6-1-2-7-20(18)30/h1-2,6-10,12-14,16-17H,3-5,11H2,(H,37,41)(H,35,36,39)/t16-,17+/m0/s1. The lowest BCUT2D eigenvalue weighted by atomic mass is 9.90. The fraction of sp³-hybridized carbons (Fsp3) is 0.250. The normalized spacial score (nSPS) is 17.4. The Balaban J connectivity index is 1.35. The zero-order valence-electron chi connectivity index (χ0n) is 21.7. The molecule has 3 aromatic heterocycles. The first-order valence-corrected chi connectivity index (χ1v) is 13.4. The number of halogens is 5. The Morgan fingerprint density at radius 1 is 1.12 bits per heavy atom. The summed E-state index contributed by atoms with van der Waals surface area (Å²) in [5, 5.41) is 9.60. The zero-order valence-corrected chi connectivity index (χ0v) is 22.5. The van der Waals surface area contributed by atoms with Crippen LogP contribution < -0.4 is 10.1 Å². The molecule has 6 rings (SSSR count). The van der Waals surface area contributed by atoms with Crippen LogP contribution in [0.1, 0.15) is 42.1 Å². The Kier molecular flexibility index (Phi) is 7.27. The summed E-state index contributed by atoms with van der Waals surface area (Å²) >= 11 is 5.99. The van der Waals surface area contributed by atoms with Gasteiger partial charge in [0.2, 0.25) is 0 Å². The van der Waals surface area contributed by atoms with Crippen LogP contribution in [0.3, 0.4) is 0 Å². The summed E-state index contributed by atoms with van der Waals surface area (Å²) < 4.78 is 59.9.